The monoisotopic (exact) mass is 204 g/mol. The summed E-state index contributed by atoms with van der Waals surface area (Å²) in [5.74, 6) is 0.686. The van der Waals surface area contributed by atoms with Gasteiger partial charge < -0.3 is 9.64 Å². The number of methoxy groups -OCH3 is 1. The average Bonchev–Trinajstić information content (AvgIpc) is 2.62. The van der Waals surface area contributed by atoms with Gasteiger partial charge in [-0.3, -0.25) is 5.41 Å². The minimum Gasteiger partial charge on any atom is -0.362 e. The van der Waals surface area contributed by atoms with Crippen LogP contribution in [0.25, 0.3) is 0 Å². The van der Waals surface area contributed by atoms with Gasteiger partial charge in [0.1, 0.15) is 6.23 Å². The van der Waals surface area contributed by atoms with Crippen LogP contribution < -0.4 is 0 Å². The number of likely N-dealkylation sites (tertiary alicyclic amines) is 1. The lowest BCUT2D eigenvalue weighted by molar-refractivity contribution is 0.0152. The summed E-state index contributed by atoms with van der Waals surface area (Å²) in [6.45, 7) is 0.776. The first-order valence-electron chi connectivity index (χ1n) is 5.22. The van der Waals surface area contributed by atoms with Gasteiger partial charge in [-0.1, -0.05) is 30.3 Å². The Bertz CT molecular complexity index is 337. The predicted octanol–water partition coefficient (Wildman–Crippen LogP) is 2.23. The molecule has 1 heterocycles. The molecule has 3 nitrogen and oxygen atoms in total. The second-order valence-electron chi connectivity index (χ2n) is 3.79. The molecule has 0 aromatic heterocycles. The highest BCUT2D eigenvalue weighted by molar-refractivity contribution is 5.81. The molecule has 0 saturated carbocycles. The number of ether oxygens (including phenoxy) is 1. The molecule has 0 spiro atoms. The molecule has 0 aliphatic carbocycles. The fourth-order valence-electron chi connectivity index (χ4n) is 1.96. The molecule has 1 aromatic carbocycles. The van der Waals surface area contributed by atoms with E-state index < -0.39 is 0 Å². The average molecular weight is 204 g/mol. The maximum absolute atomic E-state index is 7.83. The fraction of sp³-hybridized carbons (Fsp3) is 0.417. The van der Waals surface area contributed by atoms with E-state index in [1.54, 1.807) is 7.11 Å². The molecule has 1 fully saturated rings. The lowest BCUT2D eigenvalue weighted by Gasteiger charge is -2.25. The zero-order valence-corrected chi connectivity index (χ0v) is 8.94. The van der Waals surface area contributed by atoms with Crippen LogP contribution in [-0.4, -0.2) is 24.1 Å². The summed E-state index contributed by atoms with van der Waals surface area (Å²) < 4.78 is 5.35. The van der Waals surface area contributed by atoms with Crippen LogP contribution in [0.4, 0.5) is 0 Å². The Morgan fingerprint density at radius 1 is 1.40 bits per heavy atom. The smallest absolute Gasteiger partial charge is 0.131 e. The quantitative estimate of drug-likeness (QED) is 0.819. The number of amidine groups is 1. The molecule has 2 rings (SSSR count). The first kappa shape index (κ1) is 10.2. The molecule has 0 radical (unpaired) electrons. The Kier molecular flexibility index (Phi) is 3.02. The molecule has 15 heavy (non-hydrogen) atoms. The van der Waals surface area contributed by atoms with E-state index in [2.05, 4.69) is 12.1 Å². The van der Waals surface area contributed by atoms with Crippen molar-refractivity contribution < 1.29 is 4.74 Å². The van der Waals surface area contributed by atoms with Crippen LogP contribution in [0.5, 0.6) is 0 Å². The van der Waals surface area contributed by atoms with Crippen LogP contribution in [0, 0.1) is 5.41 Å². The maximum atomic E-state index is 7.83. The van der Waals surface area contributed by atoms with Crippen molar-refractivity contribution in [3.63, 3.8) is 0 Å². The second kappa shape index (κ2) is 4.45. The zero-order chi connectivity index (χ0) is 10.7. The Balaban J connectivity index is 2.07. The highest BCUT2D eigenvalue weighted by atomic mass is 16.5. The Hall–Kier alpha value is -1.35. The van der Waals surface area contributed by atoms with Crippen LogP contribution in [0.15, 0.2) is 30.3 Å². The number of benzene rings is 1. The van der Waals surface area contributed by atoms with Gasteiger partial charge in [-0.2, -0.15) is 0 Å². The van der Waals surface area contributed by atoms with Crippen molar-refractivity contribution in [1.82, 2.24) is 4.90 Å². The van der Waals surface area contributed by atoms with Gasteiger partial charge in [-0.25, -0.2) is 0 Å². The Morgan fingerprint density at radius 3 is 2.80 bits per heavy atom. The molecule has 80 valence electrons. The third-order valence-corrected chi connectivity index (χ3v) is 2.79. The van der Waals surface area contributed by atoms with Gasteiger partial charge >= 0.3 is 0 Å². The van der Waals surface area contributed by atoms with Gasteiger partial charge in [-0.15, -0.1) is 0 Å². The molecule has 3 heteroatoms. The van der Waals surface area contributed by atoms with E-state index in [9.17, 15) is 0 Å². The molecular weight excluding hydrogens is 188 g/mol. The lowest BCUT2D eigenvalue weighted by atomic mass is 10.2. The van der Waals surface area contributed by atoms with Gasteiger partial charge in [0.2, 0.25) is 0 Å². The highest BCUT2D eigenvalue weighted by Crippen LogP contribution is 2.21. The summed E-state index contributed by atoms with van der Waals surface area (Å²) in [6.07, 6.45) is 1.84. The third kappa shape index (κ3) is 2.18. The van der Waals surface area contributed by atoms with Crippen molar-refractivity contribution in [2.45, 2.75) is 25.6 Å². The van der Waals surface area contributed by atoms with E-state index in [0.29, 0.717) is 5.84 Å². The topological polar surface area (TPSA) is 36.3 Å². The number of rotatable bonds is 3. The normalized spacial score (nSPS) is 21.0. The van der Waals surface area contributed by atoms with Gasteiger partial charge in [0, 0.05) is 20.1 Å². The molecule has 1 atom stereocenters. The molecule has 1 N–H and O–H groups in total. The van der Waals surface area contributed by atoms with Crippen molar-refractivity contribution >= 4 is 5.84 Å². The van der Waals surface area contributed by atoms with Crippen molar-refractivity contribution in [2.75, 3.05) is 7.11 Å². The van der Waals surface area contributed by atoms with E-state index in [1.807, 2.05) is 23.1 Å². The summed E-state index contributed by atoms with van der Waals surface area (Å²) in [5, 5.41) is 7.83. The van der Waals surface area contributed by atoms with Crippen molar-refractivity contribution in [3.8, 4) is 0 Å². The summed E-state index contributed by atoms with van der Waals surface area (Å²) in [5.41, 5.74) is 1.23. The van der Waals surface area contributed by atoms with Gasteiger partial charge in [0.05, 0.1) is 5.84 Å². The number of hydrogen-bond donors (Lipinski definition) is 1. The first-order valence-corrected chi connectivity index (χ1v) is 5.22. The van der Waals surface area contributed by atoms with Gasteiger partial charge in [-0.05, 0) is 12.0 Å². The standard InChI is InChI=1S/C12H16N2O/c1-15-12-8-7-11(13)14(12)9-10-5-3-2-4-6-10/h2-6,12-13H,7-9H2,1H3. The largest absolute Gasteiger partial charge is 0.362 e. The maximum Gasteiger partial charge on any atom is 0.131 e. The van der Waals surface area contributed by atoms with E-state index in [4.69, 9.17) is 10.1 Å². The Labute approximate surface area is 90.2 Å². The van der Waals surface area contributed by atoms with Crippen LogP contribution in [0.3, 0.4) is 0 Å². The van der Waals surface area contributed by atoms with Gasteiger partial charge in [0.15, 0.2) is 0 Å². The molecular formula is C12H16N2O. The lowest BCUT2D eigenvalue weighted by Crippen LogP contribution is -2.33. The SMILES string of the molecule is COC1CCC(=N)N1Cc1ccccc1. The second-order valence-corrected chi connectivity index (χ2v) is 3.79. The first-order chi connectivity index (χ1) is 7.31. The molecule has 1 aliphatic rings. The van der Waals surface area contributed by atoms with E-state index >= 15 is 0 Å². The minimum absolute atomic E-state index is 0.0812. The number of hydrogen-bond acceptors (Lipinski definition) is 2. The Morgan fingerprint density at radius 2 is 2.13 bits per heavy atom. The van der Waals surface area contributed by atoms with Crippen LogP contribution in [-0.2, 0) is 11.3 Å². The molecule has 1 unspecified atom stereocenters. The summed E-state index contributed by atoms with van der Waals surface area (Å²) >= 11 is 0. The minimum atomic E-state index is 0.0812. The highest BCUT2D eigenvalue weighted by Gasteiger charge is 2.27. The van der Waals surface area contributed by atoms with E-state index in [0.717, 1.165) is 19.4 Å². The van der Waals surface area contributed by atoms with E-state index in [1.165, 1.54) is 5.56 Å². The van der Waals surface area contributed by atoms with Crippen molar-refractivity contribution in [1.29, 1.82) is 5.41 Å². The summed E-state index contributed by atoms with van der Waals surface area (Å²) in [4.78, 5) is 2.02. The predicted molar refractivity (Wildman–Crippen MR) is 59.7 cm³/mol. The zero-order valence-electron chi connectivity index (χ0n) is 8.94. The van der Waals surface area contributed by atoms with E-state index in [-0.39, 0.29) is 6.23 Å². The van der Waals surface area contributed by atoms with Crippen molar-refractivity contribution in [3.05, 3.63) is 35.9 Å². The fourth-order valence-corrected chi connectivity index (χ4v) is 1.96. The summed E-state index contributed by atoms with van der Waals surface area (Å²) in [6, 6.07) is 10.2. The van der Waals surface area contributed by atoms with Crippen LogP contribution in [0.2, 0.25) is 0 Å². The third-order valence-electron chi connectivity index (χ3n) is 2.79. The van der Waals surface area contributed by atoms with Gasteiger partial charge in [0.25, 0.3) is 0 Å². The van der Waals surface area contributed by atoms with Crippen LogP contribution in [0.1, 0.15) is 18.4 Å². The van der Waals surface area contributed by atoms with Crippen LogP contribution >= 0.6 is 0 Å². The molecule has 0 bridgehead atoms. The molecule has 1 saturated heterocycles. The number of nitrogens with zero attached hydrogens (tertiary/aromatic N) is 1. The molecule has 0 amide bonds. The van der Waals surface area contributed by atoms with Crippen molar-refractivity contribution in [2.24, 2.45) is 0 Å². The molecule has 1 aromatic rings. The molecule has 1 aliphatic heterocycles. The summed E-state index contributed by atoms with van der Waals surface area (Å²) in [7, 11) is 1.71. The number of nitrogens with one attached hydrogen (secondary N) is 1.